The minimum absolute atomic E-state index is 0.293. The van der Waals surface area contributed by atoms with E-state index >= 15 is 0 Å². The molecule has 0 spiro atoms. The highest BCUT2D eigenvalue weighted by molar-refractivity contribution is 5.79. The lowest BCUT2D eigenvalue weighted by Crippen LogP contribution is -2.35. The first-order chi connectivity index (χ1) is 9.59. The number of pyridine rings is 1. The van der Waals surface area contributed by atoms with Crippen LogP contribution in [-0.4, -0.2) is 4.98 Å². The summed E-state index contributed by atoms with van der Waals surface area (Å²) in [5.74, 6) is -0.293. The third-order valence-electron chi connectivity index (χ3n) is 3.64. The topological polar surface area (TPSA) is 38.9 Å². The van der Waals surface area contributed by atoms with E-state index < -0.39 is 5.54 Å². The van der Waals surface area contributed by atoms with Crippen molar-refractivity contribution in [3.8, 4) is 0 Å². The highest BCUT2D eigenvalue weighted by atomic mass is 19.1. The molecule has 0 saturated heterocycles. The Balaban J connectivity index is 2.16. The molecule has 0 bridgehead atoms. The van der Waals surface area contributed by atoms with Gasteiger partial charge in [-0.05, 0) is 30.7 Å². The highest BCUT2D eigenvalue weighted by Crippen LogP contribution is 2.30. The van der Waals surface area contributed by atoms with Crippen molar-refractivity contribution in [2.45, 2.75) is 12.5 Å². The van der Waals surface area contributed by atoms with Crippen LogP contribution in [0.3, 0.4) is 0 Å². The third-order valence-corrected chi connectivity index (χ3v) is 3.64. The molecule has 0 radical (unpaired) electrons. The Morgan fingerprint density at radius 3 is 2.65 bits per heavy atom. The fourth-order valence-electron chi connectivity index (χ4n) is 2.43. The van der Waals surface area contributed by atoms with Crippen molar-refractivity contribution in [1.29, 1.82) is 0 Å². The first kappa shape index (κ1) is 12.8. The molecular weight excluding hydrogens is 251 g/mol. The zero-order valence-electron chi connectivity index (χ0n) is 11.2. The zero-order valence-corrected chi connectivity index (χ0v) is 11.2. The Kier molecular flexibility index (Phi) is 2.99. The molecule has 3 heteroatoms. The molecule has 2 nitrogen and oxygen atoms in total. The van der Waals surface area contributed by atoms with Crippen LogP contribution >= 0.6 is 0 Å². The molecule has 3 aromatic rings. The minimum Gasteiger partial charge on any atom is -0.318 e. The van der Waals surface area contributed by atoms with Crippen molar-refractivity contribution in [1.82, 2.24) is 4.98 Å². The van der Waals surface area contributed by atoms with Gasteiger partial charge in [-0.3, -0.25) is 4.98 Å². The molecule has 0 amide bonds. The van der Waals surface area contributed by atoms with Crippen molar-refractivity contribution in [2.24, 2.45) is 5.73 Å². The van der Waals surface area contributed by atoms with Gasteiger partial charge in [-0.25, -0.2) is 4.39 Å². The van der Waals surface area contributed by atoms with Crippen LogP contribution in [0.5, 0.6) is 0 Å². The van der Waals surface area contributed by atoms with Gasteiger partial charge in [0.15, 0.2) is 0 Å². The zero-order chi connectivity index (χ0) is 14.2. The van der Waals surface area contributed by atoms with Gasteiger partial charge in [0.05, 0.1) is 11.1 Å². The van der Waals surface area contributed by atoms with Crippen molar-refractivity contribution in [2.75, 3.05) is 0 Å². The van der Waals surface area contributed by atoms with Gasteiger partial charge < -0.3 is 5.73 Å². The van der Waals surface area contributed by atoms with Gasteiger partial charge in [-0.15, -0.1) is 0 Å². The molecule has 0 fully saturated rings. The summed E-state index contributed by atoms with van der Waals surface area (Å²) in [7, 11) is 0. The minimum atomic E-state index is -0.892. The number of nitrogens with two attached hydrogens (primary N) is 1. The summed E-state index contributed by atoms with van der Waals surface area (Å²) in [6.07, 6.45) is 1.74. The maximum absolute atomic E-state index is 14.0. The molecule has 2 aromatic carbocycles. The van der Waals surface area contributed by atoms with E-state index in [1.54, 1.807) is 24.4 Å². The van der Waals surface area contributed by atoms with Crippen molar-refractivity contribution in [3.63, 3.8) is 0 Å². The summed E-state index contributed by atoms with van der Waals surface area (Å²) < 4.78 is 14.0. The lowest BCUT2D eigenvalue weighted by Gasteiger charge is -2.26. The molecule has 20 heavy (non-hydrogen) atoms. The Bertz CT molecular complexity index is 766. The monoisotopic (exact) mass is 266 g/mol. The Labute approximate surface area is 117 Å². The van der Waals surface area contributed by atoms with E-state index in [1.165, 1.54) is 6.07 Å². The molecule has 0 aliphatic heterocycles. The molecule has 100 valence electrons. The van der Waals surface area contributed by atoms with Crippen LogP contribution in [0.2, 0.25) is 0 Å². The predicted octanol–water partition coefficient (Wildman–Crippen LogP) is 3.60. The van der Waals surface area contributed by atoms with Gasteiger partial charge in [-0.2, -0.15) is 0 Å². The number of nitrogens with zero attached hydrogens (tertiary/aromatic N) is 1. The van der Waals surface area contributed by atoms with Crippen LogP contribution in [0.25, 0.3) is 10.9 Å². The average Bonchev–Trinajstić information content (AvgIpc) is 2.47. The fraction of sp³-hybridized carbons (Fsp3) is 0.118. The van der Waals surface area contributed by atoms with Crippen LogP contribution in [0.1, 0.15) is 18.1 Å². The van der Waals surface area contributed by atoms with E-state index in [-0.39, 0.29) is 5.82 Å². The van der Waals surface area contributed by atoms with Crippen LogP contribution in [0.4, 0.5) is 4.39 Å². The van der Waals surface area contributed by atoms with Crippen LogP contribution in [0.15, 0.2) is 60.8 Å². The second-order valence-corrected chi connectivity index (χ2v) is 5.09. The van der Waals surface area contributed by atoms with E-state index in [1.807, 2.05) is 37.3 Å². The molecule has 1 atom stereocenters. The van der Waals surface area contributed by atoms with Crippen molar-refractivity contribution in [3.05, 3.63) is 77.7 Å². The van der Waals surface area contributed by atoms with Gasteiger partial charge in [0.1, 0.15) is 5.82 Å². The largest absolute Gasteiger partial charge is 0.318 e. The van der Waals surface area contributed by atoms with Crippen LogP contribution < -0.4 is 5.73 Å². The molecule has 0 aliphatic carbocycles. The molecule has 0 aliphatic rings. The summed E-state index contributed by atoms with van der Waals surface area (Å²) in [5.41, 5.74) is 7.67. The number of benzene rings is 2. The number of halogens is 1. The second-order valence-electron chi connectivity index (χ2n) is 5.09. The standard InChI is InChI=1S/C17H15FN2/c1-17(19,14-6-2-3-7-15(14)18)13-9-8-12-5-4-10-20-16(12)11-13/h2-11H,19H2,1H3. The van der Waals surface area contributed by atoms with Gasteiger partial charge in [0.25, 0.3) is 0 Å². The number of fused-ring (bicyclic) bond motifs is 1. The third kappa shape index (κ3) is 2.06. The van der Waals surface area contributed by atoms with Gasteiger partial charge >= 0.3 is 0 Å². The van der Waals surface area contributed by atoms with E-state index in [0.717, 1.165) is 16.5 Å². The summed E-state index contributed by atoms with van der Waals surface area (Å²) in [6.45, 7) is 1.82. The van der Waals surface area contributed by atoms with E-state index in [4.69, 9.17) is 5.73 Å². The SMILES string of the molecule is CC(N)(c1ccc2cccnc2c1)c1ccccc1F. The van der Waals surface area contributed by atoms with Crippen molar-refractivity contribution < 1.29 is 4.39 Å². The molecule has 1 heterocycles. The smallest absolute Gasteiger partial charge is 0.128 e. The van der Waals surface area contributed by atoms with Gasteiger partial charge in [0.2, 0.25) is 0 Å². The molecule has 2 N–H and O–H groups in total. The number of hydrogen-bond donors (Lipinski definition) is 1. The number of rotatable bonds is 2. The molecule has 1 unspecified atom stereocenters. The second kappa shape index (κ2) is 4.69. The van der Waals surface area contributed by atoms with Gasteiger partial charge in [-0.1, -0.05) is 36.4 Å². The highest BCUT2D eigenvalue weighted by Gasteiger charge is 2.26. The number of aromatic nitrogens is 1. The lowest BCUT2D eigenvalue weighted by atomic mass is 9.85. The number of hydrogen-bond acceptors (Lipinski definition) is 2. The Morgan fingerprint density at radius 1 is 1.05 bits per heavy atom. The Morgan fingerprint density at radius 2 is 1.85 bits per heavy atom. The van der Waals surface area contributed by atoms with E-state index in [9.17, 15) is 4.39 Å². The molecular formula is C17H15FN2. The van der Waals surface area contributed by atoms with Gasteiger partial charge in [0, 0.05) is 17.1 Å². The maximum atomic E-state index is 14.0. The summed E-state index contributed by atoms with van der Waals surface area (Å²) >= 11 is 0. The Hall–Kier alpha value is -2.26. The van der Waals surface area contributed by atoms with Crippen LogP contribution in [-0.2, 0) is 5.54 Å². The average molecular weight is 266 g/mol. The predicted molar refractivity (Wildman–Crippen MR) is 78.8 cm³/mol. The normalized spacial score (nSPS) is 14.2. The maximum Gasteiger partial charge on any atom is 0.128 e. The van der Waals surface area contributed by atoms with E-state index in [2.05, 4.69) is 4.98 Å². The summed E-state index contributed by atoms with van der Waals surface area (Å²) in [6, 6.07) is 16.3. The fourth-order valence-corrected chi connectivity index (χ4v) is 2.43. The van der Waals surface area contributed by atoms with E-state index in [0.29, 0.717) is 5.56 Å². The lowest BCUT2D eigenvalue weighted by molar-refractivity contribution is 0.531. The first-order valence-electron chi connectivity index (χ1n) is 6.48. The van der Waals surface area contributed by atoms with Crippen LogP contribution in [0, 0.1) is 5.82 Å². The molecule has 1 aromatic heterocycles. The summed E-state index contributed by atoms with van der Waals surface area (Å²) in [4.78, 5) is 4.32. The quantitative estimate of drug-likeness (QED) is 0.769. The summed E-state index contributed by atoms with van der Waals surface area (Å²) in [5, 5.41) is 1.04. The molecule has 0 saturated carbocycles. The van der Waals surface area contributed by atoms with Crippen molar-refractivity contribution >= 4 is 10.9 Å². The first-order valence-corrected chi connectivity index (χ1v) is 6.48. The molecule has 3 rings (SSSR count).